The van der Waals surface area contributed by atoms with Crippen LogP contribution in [0.25, 0.3) is 0 Å². The van der Waals surface area contributed by atoms with Crippen molar-refractivity contribution in [1.82, 2.24) is 0 Å². The Morgan fingerprint density at radius 2 is 1.96 bits per heavy atom. The summed E-state index contributed by atoms with van der Waals surface area (Å²) in [6.45, 7) is 8.13. The number of benzene rings is 2. The molecule has 0 fully saturated rings. The second kappa shape index (κ2) is 9.21. The van der Waals surface area contributed by atoms with Crippen LogP contribution in [0.3, 0.4) is 0 Å². The zero-order valence-electron chi connectivity index (χ0n) is 15.2. The first kappa shape index (κ1) is 18.2. The summed E-state index contributed by atoms with van der Waals surface area (Å²) in [5.74, 6) is 0.797. The van der Waals surface area contributed by atoms with Gasteiger partial charge in [-0.3, -0.25) is 0 Å². The highest BCUT2D eigenvalue weighted by Crippen LogP contribution is 2.24. The summed E-state index contributed by atoms with van der Waals surface area (Å²) in [6.07, 6.45) is 4.13. The van der Waals surface area contributed by atoms with E-state index in [0.29, 0.717) is 6.61 Å². The van der Waals surface area contributed by atoms with Crippen molar-refractivity contribution in [2.24, 2.45) is 0 Å². The Morgan fingerprint density at radius 1 is 1.12 bits per heavy atom. The van der Waals surface area contributed by atoms with Gasteiger partial charge in [0, 0.05) is 12.2 Å². The minimum atomic E-state index is 0.712. The van der Waals surface area contributed by atoms with Crippen LogP contribution in [0.1, 0.15) is 43.4 Å². The quantitative estimate of drug-likeness (QED) is 0.505. The maximum absolute atomic E-state index is 6.07. The van der Waals surface area contributed by atoms with E-state index in [4.69, 9.17) is 10.5 Å². The van der Waals surface area contributed by atoms with Crippen molar-refractivity contribution in [1.29, 1.82) is 0 Å². The van der Waals surface area contributed by atoms with Crippen molar-refractivity contribution in [2.75, 3.05) is 24.2 Å². The molecule has 2 aromatic carbocycles. The molecule has 0 aliphatic carbocycles. The summed E-state index contributed by atoms with van der Waals surface area (Å²) < 4.78 is 5.63. The molecule has 24 heavy (non-hydrogen) atoms. The number of ether oxygens (including phenoxy) is 1. The normalized spacial score (nSPS) is 10.6. The molecule has 0 aliphatic rings. The smallest absolute Gasteiger partial charge is 0.142 e. The predicted octanol–water partition coefficient (Wildman–Crippen LogP) is 4.97. The van der Waals surface area contributed by atoms with Gasteiger partial charge in [-0.2, -0.15) is 0 Å². The number of hydrogen-bond acceptors (Lipinski definition) is 3. The Kier molecular flexibility index (Phi) is 6.98. The van der Waals surface area contributed by atoms with E-state index in [1.54, 1.807) is 0 Å². The summed E-state index contributed by atoms with van der Waals surface area (Å²) in [5, 5.41) is 3.60. The molecule has 3 heteroatoms. The summed E-state index contributed by atoms with van der Waals surface area (Å²) in [5.41, 5.74) is 12.1. The molecule has 3 nitrogen and oxygen atoms in total. The highest BCUT2D eigenvalue weighted by molar-refractivity contribution is 5.57. The van der Waals surface area contributed by atoms with Crippen molar-refractivity contribution in [3.63, 3.8) is 0 Å². The lowest BCUT2D eigenvalue weighted by Crippen LogP contribution is -2.07. The van der Waals surface area contributed by atoms with Crippen molar-refractivity contribution in [2.45, 2.75) is 46.5 Å². The molecule has 2 rings (SSSR count). The molecule has 0 saturated heterocycles. The molecule has 0 amide bonds. The van der Waals surface area contributed by atoms with Crippen LogP contribution in [-0.4, -0.2) is 13.2 Å². The van der Waals surface area contributed by atoms with E-state index >= 15 is 0 Å². The summed E-state index contributed by atoms with van der Waals surface area (Å²) in [6, 6.07) is 12.6. The summed E-state index contributed by atoms with van der Waals surface area (Å²) >= 11 is 0. The second-order valence-corrected chi connectivity index (χ2v) is 6.21. The second-order valence-electron chi connectivity index (χ2n) is 6.21. The number of para-hydroxylation sites is 1. The molecule has 3 N–H and O–H groups in total. The molecule has 0 spiro atoms. The van der Waals surface area contributed by atoms with Gasteiger partial charge in [-0.15, -0.1) is 0 Å². The fourth-order valence-corrected chi connectivity index (χ4v) is 2.88. The van der Waals surface area contributed by atoms with Gasteiger partial charge in [0.25, 0.3) is 0 Å². The SMILES string of the molecule is CCCOc1ccc(CCCNc2c(C)cccc2CC)cc1N. The predicted molar refractivity (Wildman–Crippen MR) is 104 cm³/mol. The van der Waals surface area contributed by atoms with Gasteiger partial charge in [0.05, 0.1) is 12.3 Å². The van der Waals surface area contributed by atoms with E-state index in [0.717, 1.165) is 43.7 Å². The Bertz CT molecular complexity index is 652. The van der Waals surface area contributed by atoms with Gasteiger partial charge in [-0.25, -0.2) is 0 Å². The molecule has 130 valence electrons. The van der Waals surface area contributed by atoms with E-state index < -0.39 is 0 Å². The highest BCUT2D eigenvalue weighted by atomic mass is 16.5. The minimum absolute atomic E-state index is 0.712. The molecule has 0 aromatic heterocycles. The van der Waals surface area contributed by atoms with Gasteiger partial charge in [0.2, 0.25) is 0 Å². The van der Waals surface area contributed by atoms with Crippen molar-refractivity contribution in [3.8, 4) is 5.75 Å². The number of hydrogen-bond donors (Lipinski definition) is 2. The van der Waals surface area contributed by atoms with Crippen LogP contribution in [0.15, 0.2) is 36.4 Å². The van der Waals surface area contributed by atoms with Crippen LogP contribution >= 0.6 is 0 Å². The molecule has 0 unspecified atom stereocenters. The standard InChI is InChI=1S/C21H30N2O/c1-4-14-24-20-12-11-17(15-19(20)22)9-7-13-23-21-16(3)8-6-10-18(21)5-2/h6,8,10-12,15,23H,4-5,7,9,13-14,22H2,1-3H3. The molecular formula is C21H30N2O. The number of nitrogens with one attached hydrogen (secondary N) is 1. The fourth-order valence-electron chi connectivity index (χ4n) is 2.88. The lowest BCUT2D eigenvalue weighted by atomic mass is 10.1. The number of aryl methyl sites for hydroxylation is 3. The van der Waals surface area contributed by atoms with Crippen molar-refractivity contribution >= 4 is 11.4 Å². The molecule has 0 saturated carbocycles. The average Bonchev–Trinajstić information content (AvgIpc) is 2.59. The third-order valence-corrected chi connectivity index (χ3v) is 4.22. The van der Waals surface area contributed by atoms with E-state index in [9.17, 15) is 0 Å². The monoisotopic (exact) mass is 326 g/mol. The molecular weight excluding hydrogens is 296 g/mol. The van der Waals surface area contributed by atoms with Crippen LogP contribution in [0.5, 0.6) is 5.75 Å². The summed E-state index contributed by atoms with van der Waals surface area (Å²) in [7, 11) is 0. The van der Waals surface area contributed by atoms with Gasteiger partial charge >= 0.3 is 0 Å². The van der Waals surface area contributed by atoms with Gasteiger partial charge < -0.3 is 15.8 Å². The van der Waals surface area contributed by atoms with Crippen LogP contribution in [0.2, 0.25) is 0 Å². The van der Waals surface area contributed by atoms with Gasteiger partial charge in [0.15, 0.2) is 0 Å². The van der Waals surface area contributed by atoms with Crippen molar-refractivity contribution < 1.29 is 4.74 Å². The lowest BCUT2D eigenvalue weighted by Gasteiger charge is -2.14. The number of anilines is 2. The highest BCUT2D eigenvalue weighted by Gasteiger charge is 2.04. The Hall–Kier alpha value is -2.16. The largest absolute Gasteiger partial charge is 0.491 e. The first-order chi connectivity index (χ1) is 11.7. The molecule has 0 bridgehead atoms. The Morgan fingerprint density at radius 3 is 2.67 bits per heavy atom. The number of rotatable bonds is 9. The van der Waals surface area contributed by atoms with Crippen LogP contribution in [-0.2, 0) is 12.8 Å². The first-order valence-corrected chi connectivity index (χ1v) is 8.99. The molecule has 2 aromatic rings. The maximum atomic E-state index is 6.07. The summed E-state index contributed by atoms with van der Waals surface area (Å²) in [4.78, 5) is 0. The Balaban J connectivity index is 1.86. The van der Waals surface area contributed by atoms with Crippen LogP contribution in [0, 0.1) is 6.92 Å². The topological polar surface area (TPSA) is 47.3 Å². The van der Waals surface area contributed by atoms with E-state index in [2.05, 4.69) is 50.4 Å². The zero-order chi connectivity index (χ0) is 17.4. The number of nitrogen functional groups attached to an aromatic ring is 1. The average molecular weight is 326 g/mol. The van der Waals surface area contributed by atoms with Gasteiger partial charge in [0.1, 0.15) is 5.75 Å². The molecule has 0 heterocycles. The van der Waals surface area contributed by atoms with Gasteiger partial charge in [-0.05, 0) is 61.4 Å². The molecule has 0 radical (unpaired) electrons. The maximum Gasteiger partial charge on any atom is 0.142 e. The van der Waals surface area contributed by atoms with E-state index in [-0.39, 0.29) is 0 Å². The Labute approximate surface area is 146 Å². The zero-order valence-corrected chi connectivity index (χ0v) is 15.2. The minimum Gasteiger partial charge on any atom is -0.491 e. The van der Waals surface area contributed by atoms with Crippen molar-refractivity contribution in [3.05, 3.63) is 53.1 Å². The third kappa shape index (κ3) is 4.92. The van der Waals surface area contributed by atoms with E-state index in [1.165, 1.54) is 22.4 Å². The van der Waals surface area contributed by atoms with Crippen LogP contribution < -0.4 is 15.8 Å². The third-order valence-electron chi connectivity index (χ3n) is 4.22. The van der Waals surface area contributed by atoms with Crippen LogP contribution in [0.4, 0.5) is 11.4 Å². The lowest BCUT2D eigenvalue weighted by molar-refractivity contribution is 0.319. The first-order valence-electron chi connectivity index (χ1n) is 8.99. The molecule has 0 aliphatic heterocycles. The molecule has 0 atom stereocenters. The fraction of sp³-hybridized carbons (Fsp3) is 0.429. The van der Waals surface area contributed by atoms with Gasteiger partial charge in [-0.1, -0.05) is 38.1 Å². The number of nitrogens with two attached hydrogens (primary N) is 1. The van der Waals surface area contributed by atoms with E-state index in [1.807, 2.05) is 12.1 Å².